The van der Waals surface area contributed by atoms with Gasteiger partial charge in [0.05, 0.1) is 26.3 Å². The number of amides is 1. The molecule has 1 amide bonds. The molecule has 2 aromatic heterocycles. The summed E-state index contributed by atoms with van der Waals surface area (Å²) in [5.41, 5.74) is 5.16. The number of nitrogens with zero attached hydrogens (tertiary/aromatic N) is 7. The van der Waals surface area contributed by atoms with Crippen molar-refractivity contribution in [3.63, 3.8) is 0 Å². The van der Waals surface area contributed by atoms with Gasteiger partial charge >= 0.3 is 0 Å². The third-order valence-corrected chi connectivity index (χ3v) is 5.47. The maximum absolute atomic E-state index is 11.1. The van der Waals surface area contributed by atoms with E-state index in [-0.39, 0.29) is 5.82 Å². The van der Waals surface area contributed by atoms with E-state index >= 15 is 0 Å². The number of primary amides is 1. The lowest BCUT2D eigenvalue weighted by molar-refractivity contribution is 0.0326. The summed E-state index contributed by atoms with van der Waals surface area (Å²) >= 11 is 0. The first-order valence-electron chi connectivity index (χ1n) is 9.63. The van der Waals surface area contributed by atoms with Crippen LogP contribution >= 0.6 is 0 Å². The molecule has 0 spiro atoms. The van der Waals surface area contributed by atoms with Crippen LogP contribution in [0, 0.1) is 0 Å². The third kappa shape index (κ3) is 4.21. The minimum absolute atomic E-state index is 0.0724. The zero-order chi connectivity index (χ0) is 19.5. The molecule has 0 radical (unpaired) electrons. The molecule has 0 atom stereocenters. The standard InChI is InChI=1S/C17H26N8O3/c1-23-13(10-25-6-8-27-9-7-25)20-21-17(23)12-2-4-24(5-3-12)11-14-19-16(15(18)26)22-28-14/h12H,2-11H2,1H3,(H2,18,26). The lowest BCUT2D eigenvalue weighted by atomic mass is 9.96. The fourth-order valence-corrected chi connectivity index (χ4v) is 3.79. The van der Waals surface area contributed by atoms with Crippen LogP contribution in [0.1, 0.15) is 46.9 Å². The van der Waals surface area contributed by atoms with Gasteiger partial charge in [-0.1, -0.05) is 5.16 Å². The molecule has 2 aromatic rings. The molecule has 152 valence electrons. The van der Waals surface area contributed by atoms with E-state index in [1.807, 2.05) is 0 Å². The Labute approximate surface area is 162 Å². The molecule has 11 nitrogen and oxygen atoms in total. The van der Waals surface area contributed by atoms with Gasteiger partial charge in [0.1, 0.15) is 11.6 Å². The Morgan fingerprint density at radius 1 is 1.11 bits per heavy atom. The number of hydrogen-bond acceptors (Lipinski definition) is 9. The van der Waals surface area contributed by atoms with Gasteiger partial charge in [-0.05, 0) is 25.9 Å². The van der Waals surface area contributed by atoms with Crippen molar-refractivity contribution in [2.75, 3.05) is 39.4 Å². The van der Waals surface area contributed by atoms with E-state index in [2.05, 4.69) is 41.8 Å². The SMILES string of the molecule is Cn1c(CN2CCOCC2)nnc1C1CCN(Cc2nc(C(N)=O)no2)CC1. The Balaban J connectivity index is 1.31. The van der Waals surface area contributed by atoms with Crippen LogP contribution in [0.2, 0.25) is 0 Å². The van der Waals surface area contributed by atoms with Gasteiger partial charge in [-0.3, -0.25) is 14.6 Å². The molecule has 2 N–H and O–H groups in total. The number of aromatic nitrogens is 5. The van der Waals surface area contributed by atoms with Crippen LogP contribution in [0.15, 0.2) is 4.52 Å². The van der Waals surface area contributed by atoms with E-state index in [1.54, 1.807) is 0 Å². The number of morpholine rings is 1. The zero-order valence-electron chi connectivity index (χ0n) is 16.1. The molecule has 2 saturated heterocycles. The van der Waals surface area contributed by atoms with Crippen molar-refractivity contribution in [1.82, 2.24) is 34.7 Å². The van der Waals surface area contributed by atoms with Crippen LogP contribution in [0.5, 0.6) is 0 Å². The van der Waals surface area contributed by atoms with Gasteiger partial charge in [0.25, 0.3) is 11.7 Å². The Morgan fingerprint density at radius 3 is 2.50 bits per heavy atom. The van der Waals surface area contributed by atoms with E-state index in [4.69, 9.17) is 15.0 Å². The average molecular weight is 390 g/mol. The van der Waals surface area contributed by atoms with Crippen LogP contribution in [0.3, 0.4) is 0 Å². The Morgan fingerprint density at radius 2 is 1.82 bits per heavy atom. The van der Waals surface area contributed by atoms with E-state index < -0.39 is 5.91 Å². The number of likely N-dealkylation sites (tertiary alicyclic amines) is 1. The second-order valence-corrected chi connectivity index (χ2v) is 7.35. The Hall–Kier alpha value is -2.37. The maximum atomic E-state index is 11.1. The molecule has 0 saturated carbocycles. The van der Waals surface area contributed by atoms with Crippen molar-refractivity contribution < 1.29 is 14.1 Å². The number of nitrogens with two attached hydrogens (primary N) is 1. The molecular weight excluding hydrogens is 364 g/mol. The molecule has 4 rings (SSSR count). The van der Waals surface area contributed by atoms with Crippen molar-refractivity contribution in [2.45, 2.75) is 31.8 Å². The van der Waals surface area contributed by atoms with Crippen molar-refractivity contribution >= 4 is 5.91 Å². The molecule has 0 unspecified atom stereocenters. The average Bonchev–Trinajstić information content (AvgIpc) is 3.31. The number of hydrogen-bond donors (Lipinski definition) is 1. The summed E-state index contributed by atoms with van der Waals surface area (Å²) in [6.07, 6.45) is 1.97. The molecule has 2 fully saturated rings. The molecule has 28 heavy (non-hydrogen) atoms. The number of carbonyl (C=O) groups is 1. The number of rotatable bonds is 6. The minimum atomic E-state index is -0.677. The molecule has 0 aliphatic carbocycles. The van der Waals surface area contributed by atoms with Gasteiger partial charge in [0, 0.05) is 26.1 Å². The summed E-state index contributed by atoms with van der Waals surface area (Å²) in [5.74, 6) is 2.11. The quantitative estimate of drug-likeness (QED) is 0.694. The lowest BCUT2D eigenvalue weighted by Crippen LogP contribution is -2.36. The second-order valence-electron chi connectivity index (χ2n) is 7.35. The monoisotopic (exact) mass is 390 g/mol. The van der Waals surface area contributed by atoms with Crippen LogP contribution in [-0.4, -0.2) is 80.0 Å². The van der Waals surface area contributed by atoms with Crippen LogP contribution in [-0.2, 0) is 24.9 Å². The summed E-state index contributed by atoms with van der Waals surface area (Å²) in [6.45, 7) is 6.56. The highest BCUT2D eigenvalue weighted by Gasteiger charge is 2.27. The Bertz CT molecular complexity index is 805. The summed E-state index contributed by atoms with van der Waals surface area (Å²) < 4.78 is 12.6. The Kier molecular flexibility index (Phi) is 5.64. The number of piperidine rings is 1. The minimum Gasteiger partial charge on any atom is -0.379 e. The van der Waals surface area contributed by atoms with Gasteiger partial charge in [0.2, 0.25) is 5.89 Å². The van der Waals surface area contributed by atoms with Crippen molar-refractivity contribution in [3.8, 4) is 0 Å². The third-order valence-electron chi connectivity index (χ3n) is 5.47. The lowest BCUT2D eigenvalue weighted by Gasteiger charge is -2.30. The summed E-state index contributed by atoms with van der Waals surface area (Å²) in [7, 11) is 2.06. The predicted octanol–water partition coefficient (Wildman–Crippen LogP) is -0.491. The van der Waals surface area contributed by atoms with Crippen molar-refractivity contribution in [2.24, 2.45) is 12.8 Å². The molecule has 4 heterocycles. The van der Waals surface area contributed by atoms with Crippen molar-refractivity contribution in [3.05, 3.63) is 23.4 Å². The van der Waals surface area contributed by atoms with Gasteiger partial charge < -0.3 is 19.6 Å². The fourth-order valence-electron chi connectivity index (χ4n) is 3.79. The first kappa shape index (κ1) is 19.0. The van der Waals surface area contributed by atoms with E-state index in [0.717, 1.165) is 70.4 Å². The predicted molar refractivity (Wildman–Crippen MR) is 97.2 cm³/mol. The van der Waals surface area contributed by atoms with Gasteiger partial charge in [-0.15, -0.1) is 10.2 Å². The molecule has 0 bridgehead atoms. The number of ether oxygens (including phenoxy) is 1. The molecule has 2 aliphatic heterocycles. The van der Waals surface area contributed by atoms with E-state index in [0.29, 0.717) is 18.4 Å². The van der Waals surface area contributed by atoms with Gasteiger partial charge in [-0.25, -0.2) is 0 Å². The highest BCUT2D eigenvalue weighted by molar-refractivity contribution is 5.88. The van der Waals surface area contributed by atoms with Crippen molar-refractivity contribution in [1.29, 1.82) is 0 Å². The topological polar surface area (TPSA) is 128 Å². The second kappa shape index (κ2) is 8.33. The fraction of sp³-hybridized carbons (Fsp3) is 0.706. The van der Waals surface area contributed by atoms with Gasteiger partial charge in [-0.2, -0.15) is 4.98 Å². The van der Waals surface area contributed by atoms with Gasteiger partial charge in [0.15, 0.2) is 0 Å². The first-order chi connectivity index (χ1) is 13.6. The summed E-state index contributed by atoms with van der Waals surface area (Å²) in [6, 6.07) is 0. The zero-order valence-corrected chi connectivity index (χ0v) is 16.1. The molecule has 0 aromatic carbocycles. The highest BCUT2D eigenvalue weighted by Crippen LogP contribution is 2.27. The van der Waals surface area contributed by atoms with Crippen LogP contribution < -0.4 is 5.73 Å². The number of carbonyl (C=O) groups excluding carboxylic acids is 1. The highest BCUT2D eigenvalue weighted by atomic mass is 16.5. The maximum Gasteiger partial charge on any atom is 0.290 e. The molecular formula is C17H26N8O3. The van der Waals surface area contributed by atoms with Crippen LogP contribution in [0.4, 0.5) is 0 Å². The normalized spacial score (nSPS) is 19.9. The summed E-state index contributed by atoms with van der Waals surface area (Å²) in [4.78, 5) is 19.7. The first-order valence-corrected chi connectivity index (χ1v) is 9.63. The smallest absolute Gasteiger partial charge is 0.290 e. The van der Waals surface area contributed by atoms with Crippen LogP contribution in [0.25, 0.3) is 0 Å². The summed E-state index contributed by atoms with van der Waals surface area (Å²) in [5, 5.41) is 12.5. The van der Waals surface area contributed by atoms with E-state index in [9.17, 15) is 4.79 Å². The van der Waals surface area contributed by atoms with E-state index in [1.165, 1.54) is 0 Å². The largest absolute Gasteiger partial charge is 0.379 e. The molecule has 2 aliphatic rings. The molecule has 11 heteroatoms.